The standard InChI is InChI=1S/C17H27Cl2N3O2Si/c1-16(2,3)25(4,5)24-10-6-9-17(23,12-21-22-20)13-7-8-14(18)15(19)11-13/h7-8,11,23H,6,9-10,12H2,1-5H3/t17-/m0/s1. The molecule has 1 atom stereocenters. The summed E-state index contributed by atoms with van der Waals surface area (Å²) < 4.78 is 6.15. The van der Waals surface area contributed by atoms with Crippen LogP contribution in [0.1, 0.15) is 39.2 Å². The smallest absolute Gasteiger partial charge is 0.191 e. The molecule has 0 saturated heterocycles. The van der Waals surface area contributed by atoms with Gasteiger partial charge in [-0.2, -0.15) is 0 Å². The molecule has 8 heteroatoms. The van der Waals surface area contributed by atoms with E-state index in [1.807, 2.05) is 0 Å². The van der Waals surface area contributed by atoms with Gasteiger partial charge in [-0.1, -0.05) is 55.2 Å². The van der Waals surface area contributed by atoms with E-state index in [0.717, 1.165) is 0 Å². The molecule has 1 aromatic rings. The van der Waals surface area contributed by atoms with Gasteiger partial charge in [0.2, 0.25) is 0 Å². The number of nitrogens with zero attached hydrogens (tertiary/aromatic N) is 3. The molecule has 25 heavy (non-hydrogen) atoms. The second kappa shape index (κ2) is 8.76. The van der Waals surface area contributed by atoms with Gasteiger partial charge in [0.15, 0.2) is 8.32 Å². The largest absolute Gasteiger partial charge is 0.417 e. The predicted molar refractivity (Wildman–Crippen MR) is 107 cm³/mol. The van der Waals surface area contributed by atoms with Gasteiger partial charge in [0, 0.05) is 11.5 Å². The van der Waals surface area contributed by atoms with Crippen LogP contribution in [-0.2, 0) is 10.0 Å². The molecule has 0 aliphatic rings. The van der Waals surface area contributed by atoms with Crippen molar-refractivity contribution in [2.24, 2.45) is 5.11 Å². The van der Waals surface area contributed by atoms with Crippen molar-refractivity contribution in [3.05, 3.63) is 44.3 Å². The van der Waals surface area contributed by atoms with Crippen LogP contribution in [0.3, 0.4) is 0 Å². The van der Waals surface area contributed by atoms with Crippen molar-refractivity contribution >= 4 is 31.5 Å². The summed E-state index contributed by atoms with van der Waals surface area (Å²) >= 11 is 12.0. The second-order valence-corrected chi connectivity index (χ2v) is 13.4. The normalized spacial score (nSPS) is 14.7. The van der Waals surface area contributed by atoms with Gasteiger partial charge in [-0.3, -0.25) is 0 Å². The Bertz CT molecular complexity index is 643. The van der Waals surface area contributed by atoms with E-state index in [2.05, 4.69) is 43.9 Å². The minimum Gasteiger partial charge on any atom is -0.417 e. The van der Waals surface area contributed by atoms with Crippen molar-refractivity contribution < 1.29 is 9.53 Å². The minimum atomic E-state index is -1.82. The molecular weight excluding hydrogens is 377 g/mol. The topological polar surface area (TPSA) is 78.2 Å². The molecule has 5 nitrogen and oxygen atoms in total. The van der Waals surface area contributed by atoms with Crippen LogP contribution in [0.4, 0.5) is 0 Å². The maximum atomic E-state index is 11.0. The molecule has 1 aromatic carbocycles. The Balaban J connectivity index is 2.83. The highest BCUT2D eigenvalue weighted by Gasteiger charge is 2.37. The zero-order valence-corrected chi connectivity index (χ0v) is 18.0. The third-order valence-electron chi connectivity index (χ3n) is 4.86. The Morgan fingerprint density at radius 1 is 1.24 bits per heavy atom. The van der Waals surface area contributed by atoms with Crippen LogP contribution in [0.5, 0.6) is 0 Å². The molecule has 0 aliphatic heterocycles. The van der Waals surface area contributed by atoms with Crippen LogP contribution >= 0.6 is 23.2 Å². The molecule has 0 heterocycles. The Labute approximate surface area is 161 Å². The lowest BCUT2D eigenvalue weighted by atomic mass is 9.89. The van der Waals surface area contributed by atoms with Crippen molar-refractivity contribution in [1.29, 1.82) is 0 Å². The van der Waals surface area contributed by atoms with E-state index in [1.165, 1.54) is 0 Å². The molecule has 0 aromatic heterocycles. The highest BCUT2D eigenvalue weighted by Crippen LogP contribution is 2.37. The fraction of sp³-hybridized carbons (Fsp3) is 0.647. The maximum Gasteiger partial charge on any atom is 0.191 e. The summed E-state index contributed by atoms with van der Waals surface area (Å²) in [6.45, 7) is 11.4. The number of benzene rings is 1. The van der Waals surface area contributed by atoms with E-state index in [4.69, 9.17) is 33.2 Å². The van der Waals surface area contributed by atoms with Crippen molar-refractivity contribution in [2.45, 2.75) is 57.3 Å². The Hall–Kier alpha value is -0.753. The molecule has 0 radical (unpaired) electrons. The molecule has 1 rings (SSSR count). The Morgan fingerprint density at radius 3 is 2.40 bits per heavy atom. The van der Waals surface area contributed by atoms with Gasteiger partial charge < -0.3 is 9.53 Å². The molecular formula is C17H27Cl2N3O2Si. The first kappa shape index (κ1) is 22.3. The molecule has 0 fully saturated rings. The summed E-state index contributed by atoms with van der Waals surface area (Å²) in [5, 5.41) is 15.5. The van der Waals surface area contributed by atoms with Crippen LogP contribution in [0, 0.1) is 0 Å². The van der Waals surface area contributed by atoms with E-state index in [1.54, 1.807) is 18.2 Å². The lowest BCUT2D eigenvalue weighted by molar-refractivity contribution is 0.0305. The summed E-state index contributed by atoms with van der Waals surface area (Å²) in [7, 11) is -1.82. The SMILES string of the molecule is CC(C)(C)[Si](C)(C)OCCC[C@](O)(CN=[N+]=[N-])c1ccc(Cl)c(Cl)c1. The Morgan fingerprint density at radius 2 is 1.88 bits per heavy atom. The molecule has 0 bridgehead atoms. The van der Waals surface area contributed by atoms with Crippen molar-refractivity contribution in [3.8, 4) is 0 Å². The summed E-state index contributed by atoms with van der Waals surface area (Å²) in [5.41, 5.74) is 7.91. The quantitative estimate of drug-likeness (QED) is 0.182. The van der Waals surface area contributed by atoms with Gasteiger partial charge in [0.05, 0.1) is 22.2 Å². The maximum absolute atomic E-state index is 11.0. The average Bonchev–Trinajstić information content (AvgIpc) is 2.51. The van der Waals surface area contributed by atoms with Crippen LogP contribution in [0.2, 0.25) is 28.2 Å². The van der Waals surface area contributed by atoms with Crippen LogP contribution in [0.15, 0.2) is 23.3 Å². The van der Waals surface area contributed by atoms with Gasteiger partial charge in [-0.05, 0) is 54.2 Å². The zero-order valence-electron chi connectivity index (χ0n) is 15.5. The Kier molecular flexibility index (Phi) is 7.81. The lowest BCUT2D eigenvalue weighted by Crippen LogP contribution is -2.41. The molecule has 140 valence electrons. The highest BCUT2D eigenvalue weighted by atomic mass is 35.5. The van der Waals surface area contributed by atoms with E-state index in [0.29, 0.717) is 35.1 Å². The second-order valence-electron chi connectivity index (χ2n) is 7.76. The van der Waals surface area contributed by atoms with Gasteiger partial charge in [-0.25, -0.2) is 0 Å². The highest BCUT2D eigenvalue weighted by molar-refractivity contribution is 6.74. The number of halogens is 2. The third kappa shape index (κ3) is 6.17. The number of rotatable bonds is 8. The molecule has 0 aliphatic carbocycles. The van der Waals surface area contributed by atoms with Crippen molar-refractivity contribution in [2.75, 3.05) is 13.2 Å². The molecule has 0 unspecified atom stereocenters. The first-order valence-electron chi connectivity index (χ1n) is 8.26. The van der Waals surface area contributed by atoms with E-state index in [9.17, 15) is 5.11 Å². The summed E-state index contributed by atoms with van der Waals surface area (Å²) in [5.74, 6) is 0. The van der Waals surface area contributed by atoms with E-state index >= 15 is 0 Å². The van der Waals surface area contributed by atoms with Gasteiger partial charge in [-0.15, -0.1) is 0 Å². The summed E-state index contributed by atoms with van der Waals surface area (Å²) in [4.78, 5) is 2.77. The van der Waals surface area contributed by atoms with Crippen molar-refractivity contribution in [1.82, 2.24) is 0 Å². The van der Waals surface area contributed by atoms with E-state index < -0.39 is 13.9 Å². The number of azide groups is 1. The van der Waals surface area contributed by atoms with Gasteiger partial charge >= 0.3 is 0 Å². The monoisotopic (exact) mass is 403 g/mol. The third-order valence-corrected chi connectivity index (χ3v) is 10.1. The first-order chi connectivity index (χ1) is 11.4. The number of aliphatic hydroxyl groups is 1. The lowest BCUT2D eigenvalue weighted by Gasteiger charge is -2.36. The molecule has 0 spiro atoms. The van der Waals surface area contributed by atoms with Crippen LogP contribution in [0.25, 0.3) is 10.4 Å². The number of hydrogen-bond acceptors (Lipinski definition) is 3. The molecule has 0 saturated carbocycles. The number of hydrogen-bond donors (Lipinski definition) is 1. The molecule has 0 amide bonds. The fourth-order valence-electron chi connectivity index (χ4n) is 2.16. The minimum absolute atomic E-state index is 0.0679. The fourth-order valence-corrected chi connectivity index (χ4v) is 3.54. The first-order valence-corrected chi connectivity index (χ1v) is 11.9. The molecule has 1 N–H and O–H groups in total. The zero-order chi connectivity index (χ0) is 19.3. The summed E-state index contributed by atoms with van der Waals surface area (Å²) in [6, 6.07) is 4.95. The summed E-state index contributed by atoms with van der Waals surface area (Å²) in [6.07, 6.45) is 1.04. The van der Waals surface area contributed by atoms with Crippen LogP contribution in [-0.4, -0.2) is 26.6 Å². The van der Waals surface area contributed by atoms with Crippen molar-refractivity contribution in [3.63, 3.8) is 0 Å². The van der Waals surface area contributed by atoms with Gasteiger partial charge in [0.25, 0.3) is 0 Å². The van der Waals surface area contributed by atoms with E-state index in [-0.39, 0.29) is 11.6 Å². The van der Waals surface area contributed by atoms with Crippen LogP contribution < -0.4 is 0 Å². The average molecular weight is 404 g/mol. The predicted octanol–water partition coefficient (Wildman–Crippen LogP) is 6.29. The van der Waals surface area contributed by atoms with Gasteiger partial charge in [0.1, 0.15) is 0 Å².